The number of carbonyl (C=O) groups is 2. The summed E-state index contributed by atoms with van der Waals surface area (Å²) in [6.07, 6.45) is 2.02. The highest BCUT2D eigenvalue weighted by Gasteiger charge is 2.42. The summed E-state index contributed by atoms with van der Waals surface area (Å²) >= 11 is 0. The third kappa shape index (κ3) is 2.05. The largest absolute Gasteiger partial charge is 0.342 e. The number of carbonyl (C=O) groups excluding carboxylic acids is 2. The smallest absolute Gasteiger partial charge is 0.246 e. The van der Waals surface area contributed by atoms with E-state index in [-0.39, 0.29) is 30.9 Å². The average molecular weight is 250 g/mol. The first-order chi connectivity index (χ1) is 8.63. The first-order valence-corrected chi connectivity index (χ1v) is 5.94. The molecule has 1 aromatic heterocycles. The third-order valence-electron chi connectivity index (χ3n) is 3.20. The normalized spacial score (nSPS) is 24.3. The highest BCUT2D eigenvalue weighted by atomic mass is 16.2. The van der Waals surface area contributed by atoms with Crippen LogP contribution >= 0.6 is 0 Å². The first-order valence-electron chi connectivity index (χ1n) is 5.94. The molecule has 96 valence electrons. The maximum Gasteiger partial charge on any atom is 0.246 e. The van der Waals surface area contributed by atoms with Gasteiger partial charge in [0.15, 0.2) is 5.82 Å². The molecule has 2 aliphatic rings. The van der Waals surface area contributed by atoms with Crippen molar-refractivity contribution >= 4 is 11.8 Å². The Labute approximate surface area is 103 Å². The molecule has 0 aromatic carbocycles. The van der Waals surface area contributed by atoms with Crippen LogP contribution in [0.5, 0.6) is 0 Å². The Balaban J connectivity index is 1.73. The van der Waals surface area contributed by atoms with Crippen LogP contribution in [0.1, 0.15) is 18.7 Å². The number of aryl methyl sites for hydroxylation is 1. The van der Waals surface area contributed by atoms with Crippen molar-refractivity contribution < 1.29 is 9.59 Å². The van der Waals surface area contributed by atoms with Gasteiger partial charge in [0, 0.05) is 0 Å². The molecule has 18 heavy (non-hydrogen) atoms. The van der Waals surface area contributed by atoms with Crippen molar-refractivity contribution in [1.82, 2.24) is 30.4 Å². The summed E-state index contributed by atoms with van der Waals surface area (Å²) in [6.45, 7) is 0.309. The van der Waals surface area contributed by atoms with Gasteiger partial charge in [-0.05, 0) is 24.0 Å². The van der Waals surface area contributed by atoms with Crippen LogP contribution in [0.4, 0.5) is 0 Å². The van der Waals surface area contributed by atoms with Gasteiger partial charge < -0.3 is 10.2 Å². The number of piperazine rings is 1. The Morgan fingerprint density at radius 2 is 2.17 bits per heavy atom. The standard InChI is InChI=1S/C10H14N6O2/c1-15-13-7(12-14-15)4-16-5-8(17)11-9(10(16)18)6-2-3-6/h6,9H,2-5H2,1H3,(H,11,17). The van der Waals surface area contributed by atoms with Gasteiger partial charge in [-0.25, -0.2) is 0 Å². The summed E-state index contributed by atoms with van der Waals surface area (Å²) in [6, 6.07) is -0.358. The molecular formula is C10H14N6O2. The van der Waals surface area contributed by atoms with E-state index >= 15 is 0 Å². The Kier molecular flexibility index (Phi) is 2.49. The molecule has 1 N–H and O–H groups in total. The van der Waals surface area contributed by atoms with Crippen molar-refractivity contribution in [3.8, 4) is 0 Å². The van der Waals surface area contributed by atoms with E-state index in [9.17, 15) is 9.59 Å². The average Bonchev–Trinajstić information content (AvgIpc) is 3.08. The van der Waals surface area contributed by atoms with Gasteiger partial charge in [-0.1, -0.05) is 0 Å². The van der Waals surface area contributed by atoms with Crippen LogP contribution in [0.2, 0.25) is 0 Å². The van der Waals surface area contributed by atoms with E-state index < -0.39 is 0 Å². The fourth-order valence-electron chi connectivity index (χ4n) is 2.17. The number of hydrogen-bond donors (Lipinski definition) is 1. The quantitative estimate of drug-likeness (QED) is 0.701. The molecule has 1 aliphatic heterocycles. The lowest BCUT2D eigenvalue weighted by Crippen LogP contribution is -2.58. The lowest BCUT2D eigenvalue weighted by atomic mass is 10.1. The van der Waals surface area contributed by atoms with E-state index in [1.54, 1.807) is 7.05 Å². The number of nitrogens with zero attached hydrogens (tertiary/aromatic N) is 5. The Hall–Kier alpha value is -1.99. The molecule has 0 spiro atoms. The molecular weight excluding hydrogens is 236 g/mol. The molecule has 8 nitrogen and oxygen atoms in total. The van der Waals surface area contributed by atoms with Gasteiger partial charge in [0.2, 0.25) is 11.8 Å². The summed E-state index contributed by atoms with van der Waals surface area (Å²) in [4.78, 5) is 26.6. The molecule has 2 fully saturated rings. The second kappa shape index (κ2) is 4.04. The maximum absolute atomic E-state index is 12.2. The Morgan fingerprint density at radius 3 is 2.78 bits per heavy atom. The van der Waals surface area contributed by atoms with Gasteiger partial charge in [-0.3, -0.25) is 9.59 Å². The second-order valence-electron chi connectivity index (χ2n) is 4.77. The minimum absolute atomic E-state index is 0.0375. The van der Waals surface area contributed by atoms with Crippen molar-refractivity contribution in [3.05, 3.63) is 5.82 Å². The minimum Gasteiger partial charge on any atom is -0.342 e. The fourth-order valence-corrected chi connectivity index (χ4v) is 2.17. The third-order valence-corrected chi connectivity index (χ3v) is 3.20. The number of amides is 2. The van der Waals surface area contributed by atoms with Gasteiger partial charge >= 0.3 is 0 Å². The Morgan fingerprint density at radius 1 is 1.39 bits per heavy atom. The van der Waals surface area contributed by atoms with Crippen LogP contribution in [0.3, 0.4) is 0 Å². The lowest BCUT2D eigenvalue weighted by molar-refractivity contribution is -0.145. The van der Waals surface area contributed by atoms with Crippen LogP contribution in [0, 0.1) is 5.92 Å². The zero-order valence-electron chi connectivity index (χ0n) is 10.0. The molecule has 1 saturated carbocycles. The van der Waals surface area contributed by atoms with Gasteiger partial charge in [0.05, 0.1) is 13.6 Å². The monoisotopic (exact) mass is 250 g/mol. The van der Waals surface area contributed by atoms with E-state index in [1.807, 2.05) is 0 Å². The van der Waals surface area contributed by atoms with Gasteiger partial charge in [-0.2, -0.15) is 4.80 Å². The van der Waals surface area contributed by atoms with Crippen molar-refractivity contribution in [1.29, 1.82) is 0 Å². The molecule has 2 amide bonds. The predicted molar refractivity (Wildman–Crippen MR) is 58.9 cm³/mol. The summed E-state index contributed by atoms with van der Waals surface area (Å²) in [5.41, 5.74) is 0. The maximum atomic E-state index is 12.2. The van der Waals surface area contributed by atoms with Crippen LogP contribution in [-0.4, -0.2) is 49.5 Å². The SMILES string of the molecule is Cn1nnc(CN2CC(=O)NC(C3CC3)C2=O)n1. The van der Waals surface area contributed by atoms with Crippen molar-refractivity contribution in [2.75, 3.05) is 6.54 Å². The summed E-state index contributed by atoms with van der Waals surface area (Å²) < 4.78 is 0. The van der Waals surface area contributed by atoms with Crippen LogP contribution < -0.4 is 5.32 Å². The summed E-state index contributed by atoms with van der Waals surface area (Å²) in [7, 11) is 1.66. The van der Waals surface area contributed by atoms with Gasteiger partial charge in [0.25, 0.3) is 0 Å². The summed E-state index contributed by atoms with van der Waals surface area (Å²) in [5.74, 6) is 0.606. The topological polar surface area (TPSA) is 93.0 Å². The zero-order chi connectivity index (χ0) is 12.7. The molecule has 0 bridgehead atoms. The molecule has 1 aliphatic carbocycles. The molecule has 2 heterocycles. The van der Waals surface area contributed by atoms with E-state index in [2.05, 4.69) is 20.7 Å². The molecule has 3 rings (SSSR count). The number of rotatable bonds is 3. The predicted octanol–water partition coefficient (Wildman–Crippen LogP) is -1.55. The number of hydrogen-bond acceptors (Lipinski definition) is 5. The number of nitrogens with one attached hydrogen (secondary N) is 1. The zero-order valence-corrected chi connectivity index (χ0v) is 10.0. The Bertz CT molecular complexity index is 494. The highest BCUT2D eigenvalue weighted by Crippen LogP contribution is 2.34. The summed E-state index contributed by atoms with van der Waals surface area (Å²) in [5, 5.41) is 14.3. The van der Waals surface area contributed by atoms with E-state index in [4.69, 9.17) is 0 Å². The van der Waals surface area contributed by atoms with E-state index in [0.717, 1.165) is 12.8 Å². The van der Waals surface area contributed by atoms with E-state index in [1.165, 1.54) is 9.70 Å². The minimum atomic E-state index is -0.358. The fraction of sp³-hybridized carbons (Fsp3) is 0.700. The molecule has 8 heteroatoms. The molecule has 0 radical (unpaired) electrons. The van der Waals surface area contributed by atoms with Crippen LogP contribution in [-0.2, 0) is 23.2 Å². The van der Waals surface area contributed by atoms with Gasteiger partial charge in [-0.15, -0.1) is 10.2 Å². The van der Waals surface area contributed by atoms with Crippen molar-refractivity contribution in [3.63, 3.8) is 0 Å². The molecule has 1 atom stereocenters. The number of tetrazole rings is 1. The lowest BCUT2D eigenvalue weighted by Gasteiger charge is -2.31. The van der Waals surface area contributed by atoms with Gasteiger partial charge in [0.1, 0.15) is 12.6 Å². The number of aromatic nitrogens is 4. The molecule has 1 saturated heterocycles. The van der Waals surface area contributed by atoms with Crippen LogP contribution in [0.15, 0.2) is 0 Å². The van der Waals surface area contributed by atoms with Crippen molar-refractivity contribution in [2.45, 2.75) is 25.4 Å². The molecule has 1 unspecified atom stereocenters. The van der Waals surface area contributed by atoms with Crippen LogP contribution in [0.25, 0.3) is 0 Å². The second-order valence-corrected chi connectivity index (χ2v) is 4.77. The highest BCUT2D eigenvalue weighted by molar-refractivity contribution is 5.95. The molecule has 1 aromatic rings. The van der Waals surface area contributed by atoms with Crippen molar-refractivity contribution in [2.24, 2.45) is 13.0 Å². The van der Waals surface area contributed by atoms with E-state index in [0.29, 0.717) is 11.7 Å². The first kappa shape index (κ1) is 11.1.